The molecule has 3 heterocycles. The van der Waals surface area contributed by atoms with E-state index in [9.17, 15) is 0 Å². The van der Waals surface area contributed by atoms with Gasteiger partial charge in [-0.3, -0.25) is 4.57 Å². The lowest BCUT2D eigenvalue weighted by Gasteiger charge is -2.23. The van der Waals surface area contributed by atoms with E-state index in [1.165, 1.54) is 66.8 Å². The van der Waals surface area contributed by atoms with Crippen LogP contribution in [-0.2, 0) is 24.9 Å². The minimum Gasteiger partial charge on any atom is -0.489 e. The quantitative estimate of drug-likeness (QED) is 0.102. The Bertz CT molecular complexity index is 3130. The number of benzene rings is 7. The summed E-state index contributed by atoms with van der Waals surface area (Å²) in [4.78, 5) is 9.98. The SMILES string of the molecule is CC(C)Cc1cccc(-c2ccccc2)c1CCCCN1CN(c2cccc(COc3ccc4c5ccccc5n(-c5cc(C(C)(C)C)ccn5)c4c3)c2)c2cccc(-c3ccccc3)c21. The van der Waals surface area contributed by atoms with E-state index in [0.717, 1.165) is 67.1 Å². The Morgan fingerprint density at radius 3 is 2.14 bits per heavy atom. The second kappa shape index (κ2) is 18.4. The molecule has 0 aliphatic carbocycles. The third-order valence-corrected chi connectivity index (χ3v) is 13.2. The molecular weight excluding hydrogens is 805 g/mol. The van der Waals surface area contributed by atoms with Crippen molar-refractivity contribution in [2.75, 3.05) is 23.0 Å². The van der Waals surface area contributed by atoms with Crippen LogP contribution >= 0.6 is 0 Å². The molecule has 5 heteroatoms. The molecule has 1 aliphatic rings. The summed E-state index contributed by atoms with van der Waals surface area (Å²) in [6.45, 7) is 13.6. The highest BCUT2D eigenvalue weighted by molar-refractivity contribution is 6.09. The highest BCUT2D eigenvalue weighted by Gasteiger charge is 2.30. The van der Waals surface area contributed by atoms with Crippen LogP contribution in [-0.4, -0.2) is 22.8 Å². The minimum absolute atomic E-state index is 0.00673. The minimum atomic E-state index is 0.00673. The summed E-state index contributed by atoms with van der Waals surface area (Å²) in [5.41, 5.74) is 16.5. The number of anilines is 3. The van der Waals surface area contributed by atoms with Gasteiger partial charge in [0.25, 0.3) is 0 Å². The zero-order valence-electron chi connectivity index (χ0n) is 39.0. The first kappa shape index (κ1) is 42.8. The Hall–Kier alpha value is -7.11. The Morgan fingerprint density at radius 2 is 1.35 bits per heavy atom. The van der Waals surface area contributed by atoms with Gasteiger partial charge in [-0.05, 0) is 124 Å². The van der Waals surface area contributed by atoms with Crippen molar-refractivity contribution in [3.8, 4) is 33.8 Å². The van der Waals surface area contributed by atoms with Crippen molar-refractivity contribution in [2.24, 2.45) is 5.92 Å². The van der Waals surface area contributed by atoms with E-state index in [4.69, 9.17) is 9.72 Å². The molecule has 330 valence electrons. The van der Waals surface area contributed by atoms with Crippen LogP contribution in [0.2, 0.25) is 0 Å². The third kappa shape index (κ3) is 8.70. The zero-order valence-corrected chi connectivity index (χ0v) is 39.0. The average Bonchev–Trinajstić information content (AvgIpc) is 3.88. The maximum absolute atomic E-state index is 6.66. The summed E-state index contributed by atoms with van der Waals surface area (Å²) in [6.07, 6.45) is 6.31. The maximum Gasteiger partial charge on any atom is 0.137 e. The highest BCUT2D eigenvalue weighted by Crippen LogP contribution is 2.47. The molecule has 0 N–H and O–H groups in total. The van der Waals surface area contributed by atoms with Crippen LogP contribution in [0.5, 0.6) is 5.75 Å². The summed E-state index contributed by atoms with van der Waals surface area (Å²) in [7, 11) is 0. The fourth-order valence-corrected chi connectivity index (χ4v) is 9.98. The highest BCUT2D eigenvalue weighted by atomic mass is 16.5. The number of unbranched alkanes of at least 4 members (excludes halogenated alkanes) is 1. The van der Waals surface area contributed by atoms with E-state index < -0.39 is 0 Å². The van der Waals surface area contributed by atoms with Gasteiger partial charge in [-0.15, -0.1) is 0 Å². The van der Waals surface area contributed by atoms with Gasteiger partial charge in [-0.1, -0.05) is 156 Å². The predicted molar refractivity (Wildman–Crippen MR) is 278 cm³/mol. The van der Waals surface area contributed by atoms with Crippen LogP contribution < -0.4 is 14.5 Å². The van der Waals surface area contributed by atoms with Crippen LogP contribution in [0, 0.1) is 5.92 Å². The third-order valence-electron chi connectivity index (χ3n) is 13.2. The Morgan fingerprint density at radius 1 is 0.636 bits per heavy atom. The fourth-order valence-electron chi connectivity index (χ4n) is 9.98. The largest absolute Gasteiger partial charge is 0.489 e. The summed E-state index contributed by atoms with van der Waals surface area (Å²) in [5, 5.41) is 2.39. The van der Waals surface area contributed by atoms with Gasteiger partial charge in [-0.2, -0.15) is 0 Å². The topological polar surface area (TPSA) is 33.5 Å². The molecule has 10 rings (SSSR count). The first-order valence-electron chi connectivity index (χ1n) is 23.8. The molecule has 66 heavy (non-hydrogen) atoms. The van der Waals surface area contributed by atoms with Gasteiger partial charge in [0.15, 0.2) is 0 Å². The molecule has 9 aromatic rings. The van der Waals surface area contributed by atoms with Gasteiger partial charge in [0.05, 0.1) is 29.1 Å². The predicted octanol–water partition coefficient (Wildman–Crippen LogP) is 15.5. The van der Waals surface area contributed by atoms with Crippen LogP contribution in [0.25, 0.3) is 49.9 Å². The van der Waals surface area contributed by atoms with Crippen LogP contribution in [0.15, 0.2) is 182 Å². The first-order chi connectivity index (χ1) is 32.2. The van der Waals surface area contributed by atoms with E-state index in [-0.39, 0.29) is 5.41 Å². The second-order valence-corrected chi connectivity index (χ2v) is 19.4. The van der Waals surface area contributed by atoms with Crippen LogP contribution in [0.4, 0.5) is 17.1 Å². The second-order valence-electron chi connectivity index (χ2n) is 19.4. The summed E-state index contributed by atoms with van der Waals surface area (Å²) in [5.74, 6) is 2.35. The normalized spacial score (nSPS) is 12.7. The van der Waals surface area contributed by atoms with Crippen molar-refractivity contribution in [1.82, 2.24) is 9.55 Å². The van der Waals surface area contributed by atoms with Gasteiger partial charge in [-0.25, -0.2) is 4.98 Å². The van der Waals surface area contributed by atoms with Gasteiger partial charge >= 0.3 is 0 Å². The molecule has 0 bridgehead atoms. The van der Waals surface area contributed by atoms with Crippen LogP contribution in [0.1, 0.15) is 69.7 Å². The lowest BCUT2D eigenvalue weighted by Crippen LogP contribution is -2.29. The monoisotopic (exact) mass is 864 g/mol. The van der Waals surface area contributed by atoms with E-state index in [0.29, 0.717) is 12.5 Å². The maximum atomic E-state index is 6.66. The van der Waals surface area contributed by atoms with Crippen molar-refractivity contribution in [3.05, 3.63) is 204 Å². The molecule has 0 fully saturated rings. The molecule has 0 spiro atoms. The first-order valence-corrected chi connectivity index (χ1v) is 23.8. The molecule has 0 saturated heterocycles. The Labute approximate surface area is 391 Å². The molecule has 0 saturated carbocycles. The summed E-state index contributed by atoms with van der Waals surface area (Å²) < 4.78 is 8.93. The molecule has 5 nitrogen and oxygen atoms in total. The molecule has 1 aliphatic heterocycles. The standard InChI is InChI=1S/C61H60N4O/c1-43(2)37-47-24-17-28-51(45-20-8-6-9-21-45)52(47)26-14-15-36-63-42-64(57-31-18-29-53(60(57)63)46-22-10-7-11-23-46)49-25-16-19-44(38-49)41-66-50-32-33-55-54-27-12-13-30-56(54)65(58(55)40-50)59-39-48(34-35-62-59)61(3,4)5/h6-13,16-25,27-35,38-40,43H,14-15,26,36-37,41-42H2,1-5H3. The van der Waals surface area contributed by atoms with Gasteiger partial charge in [0.2, 0.25) is 0 Å². The van der Waals surface area contributed by atoms with E-state index in [2.05, 4.69) is 225 Å². The molecular formula is C61H60N4O. The summed E-state index contributed by atoms with van der Waals surface area (Å²) >= 11 is 0. The Balaban J connectivity index is 0.908. The number of ether oxygens (including phenoxy) is 1. The van der Waals surface area contributed by atoms with Crippen molar-refractivity contribution in [2.45, 2.75) is 72.3 Å². The van der Waals surface area contributed by atoms with Crippen LogP contribution in [0.3, 0.4) is 0 Å². The molecule has 0 radical (unpaired) electrons. The molecule has 0 atom stereocenters. The van der Waals surface area contributed by atoms with Crippen molar-refractivity contribution in [1.29, 1.82) is 0 Å². The average molecular weight is 865 g/mol. The fraction of sp³-hybridized carbons (Fsp3) is 0.230. The van der Waals surface area contributed by atoms with Crippen molar-refractivity contribution in [3.63, 3.8) is 0 Å². The van der Waals surface area contributed by atoms with Crippen molar-refractivity contribution < 1.29 is 4.74 Å². The van der Waals surface area contributed by atoms with Gasteiger partial charge in [0, 0.05) is 40.8 Å². The molecule has 0 unspecified atom stereocenters. The lowest BCUT2D eigenvalue weighted by atomic mass is 9.88. The lowest BCUT2D eigenvalue weighted by molar-refractivity contribution is 0.306. The number of nitrogens with zero attached hydrogens (tertiary/aromatic N) is 4. The smallest absolute Gasteiger partial charge is 0.137 e. The number of fused-ring (bicyclic) bond motifs is 4. The number of rotatable bonds is 14. The van der Waals surface area contributed by atoms with E-state index >= 15 is 0 Å². The van der Waals surface area contributed by atoms with Gasteiger partial charge in [0.1, 0.15) is 18.2 Å². The number of pyridine rings is 1. The number of hydrogen-bond acceptors (Lipinski definition) is 4. The number of aromatic nitrogens is 2. The summed E-state index contributed by atoms with van der Waals surface area (Å²) in [6, 6.07) is 63.8. The van der Waals surface area contributed by atoms with E-state index in [1.807, 2.05) is 6.20 Å². The molecule has 0 amide bonds. The molecule has 2 aromatic heterocycles. The molecule has 7 aromatic carbocycles. The number of para-hydroxylation sites is 2. The zero-order chi connectivity index (χ0) is 45.2. The van der Waals surface area contributed by atoms with E-state index in [1.54, 1.807) is 0 Å². The van der Waals surface area contributed by atoms with Crippen molar-refractivity contribution >= 4 is 38.9 Å². The van der Waals surface area contributed by atoms with Gasteiger partial charge < -0.3 is 14.5 Å². The number of hydrogen-bond donors (Lipinski definition) is 0. The Kier molecular flexibility index (Phi) is 11.9.